The lowest BCUT2D eigenvalue weighted by Crippen LogP contribution is -2.45. The molecule has 2 aromatic rings. The van der Waals surface area contributed by atoms with E-state index in [-0.39, 0.29) is 5.41 Å². The Bertz CT molecular complexity index is 481. The Kier molecular flexibility index (Phi) is 4.75. The Balaban J connectivity index is 2.24. The van der Waals surface area contributed by atoms with Gasteiger partial charge in [0, 0.05) is 12.0 Å². The van der Waals surface area contributed by atoms with Crippen LogP contribution >= 0.6 is 11.3 Å². The van der Waals surface area contributed by atoms with Crippen molar-refractivity contribution in [3.63, 3.8) is 0 Å². The second-order valence-corrected chi connectivity index (χ2v) is 5.81. The van der Waals surface area contributed by atoms with Crippen LogP contribution in [0, 0.1) is 0 Å². The molecule has 1 aromatic carbocycles. The molecule has 1 heterocycles. The van der Waals surface area contributed by atoms with Gasteiger partial charge in [0.2, 0.25) is 0 Å². The molecule has 3 heteroatoms. The average molecular weight is 275 g/mol. The van der Waals surface area contributed by atoms with Gasteiger partial charge in [0.1, 0.15) is 0 Å². The van der Waals surface area contributed by atoms with E-state index in [1.165, 1.54) is 5.56 Å². The van der Waals surface area contributed by atoms with E-state index in [9.17, 15) is 5.11 Å². The zero-order valence-corrected chi connectivity index (χ0v) is 12.1. The van der Waals surface area contributed by atoms with E-state index in [1.54, 1.807) is 11.3 Å². The summed E-state index contributed by atoms with van der Waals surface area (Å²) < 4.78 is 0. The molecule has 19 heavy (non-hydrogen) atoms. The fourth-order valence-corrected chi connectivity index (χ4v) is 3.26. The summed E-state index contributed by atoms with van der Waals surface area (Å²) in [7, 11) is 0. The summed E-state index contributed by atoms with van der Waals surface area (Å²) >= 11 is 1.71. The molecule has 102 valence electrons. The normalized spacial score (nSPS) is 15.9. The molecule has 1 aromatic heterocycles. The standard InChI is InChI=1S/C16H21NOS/c1-13(18)16(12-17,15-5-3-2-4-6-15)9-7-14-8-10-19-11-14/h2-6,8,10-11,13,18H,7,9,12,17H2,1H3. The van der Waals surface area contributed by atoms with E-state index in [0.717, 1.165) is 18.4 Å². The molecule has 0 aliphatic rings. The number of aryl methyl sites for hydroxylation is 1. The maximum absolute atomic E-state index is 10.3. The molecule has 0 amide bonds. The summed E-state index contributed by atoms with van der Waals surface area (Å²) in [6.45, 7) is 2.30. The van der Waals surface area contributed by atoms with E-state index < -0.39 is 6.10 Å². The van der Waals surface area contributed by atoms with Crippen LogP contribution < -0.4 is 5.73 Å². The highest BCUT2D eigenvalue weighted by molar-refractivity contribution is 7.07. The first-order valence-electron chi connectivity index (χ1n) is 6.64. The third-order valence-electron chi connectivity index (χ3n) is 3.95. The second kappa shape index (κ2) is 6.33. The predicted octanol–water partition coefficient (Wildman–Crippen LogP) is 2.96. The topological polar surface area (TPSA) is 46.2 Å². The van der Waals surface area contributed by atoms with E-state index >= 15 is 0 Å². The van der Waals surface area contributed by atoms with Crippen LogP contribution in [0.25, 0.3) is 0 Å². The van der Waals surface area contributed by atoms with Crippen LogP contribution in [0.5, 0.6) is 0 Å². The maximum atomic E-state index is 10.3. The molecular formula is C16H21NOS. The highest BCUT2D eigenvalue weighted by Crippen LogP contribution is 2.32. The van der Waals surface area contributed by atoms with Gasteiger partial charge < -0.3 is 10.8 Å². The van der Waals surface area contributed by atoms with Gasteiger partial charge in [-0.15, -0.1) is 0 Å². The van der Waals surface area contributed by atoms with Crippen molar-refractivity contribution in [3.05, 3.63) is 58.3 Å². The average Bonchev–Trinajstić information content (AvgIpc) is 2.94. The van der Waals surface area contributed by atoms with Crippen molar-refractivity contribution < 1.29 is 5.11 Å². The molecule has 0 fully saturated rings. The van der Waals surface area contributed by atoms with Crippen molar-refractivity contribution in [1.29, 1.82) is 0 Å². The first-order valence-corrected chi connectivity index (χ1v) is 7.58. The third-order valence-corrected chi connectivity index (χ3v) is 4.68. The van der Waals surface area contributed by atoms with Gasteiger partial charge in [-0.05, 0) is 47.7 Å². The number of thiophene rings is 1. The minimum absolute atomic E-state index is 0.358. The Morgan fingerprint density at radius 2 is 2.00 bits per heavy atom. The van der Waals surface area contributed by atoms with Crippen LogP contribution in [0.4, 0.5) is 0 Å². The summed E-state index contributed by atoms with van der Waals surface area (Å²) in [6, 6.07) is 12.3. The largest absolute Gasteiger partial charge is 0.392 e. The predicted molar refractivity (Wildman–Crippen MR) is 81.5 cm³/mol. The summed E-state index contributed by atoms with van der Waals surface area (Å²) in [6.07, 6.45) is 1.35. The first-order chi connectivity index (χ1) is 9.19. The molecule has 0 spiro atoms. The van der Waals surface area contributed by atoms with Crippen molar-refractivity contribution >= 4 is 11.3 Å². The smallest absolute Gasteiger partial charge is 0.0620 e. The second-order valence-electron chi connectivity index (χ2n) is 5.03. The Morgan fingerprint density at radius 3 is 2.53 bits per heavy atom. The zero-order valence-electron chi connectivity index (χ0n) is 11.3. The van der Waals surface area contributed by atoms with Gasteiger partial charge in [-0.1, -0.05) is 30.3 Å². The summed E-state index contributed by atoms with van der Waals surface area (Å²) in [4.78, 5) is 0. The fraction of sp³-hybridized carbons (Fsp3) is 0.375. The number of rotatable bonds is 6. The SMILES string of the molecule is CC(O)C(CN)(CCc1ccsc1)c1ccccc1. The maximum Gasteiger partial charge on any atom is 0.0620 e. The van der Waals surface area contributed by atoms with Crippen molar-refractivity contribution in [2.75, 3.05) is 6.54 Å². The molecule has 0 saturated carbocycles. The highest BCUT2D eigenvalue weighted by Gasteiger charge is 2.35. The van der Waals surface area contributed by atoms with Gasteiger partial charge in [0.15, 0.2) is 0 Å². The monoisotopic (exact) mass is 275 g/mol. The summed E-state index contributed by atoms with van der Waals surface area (Å²) in [5.74, 6) is 0. The molecule has 2 unspecified atom stereocenters. The number of benzene rings is 1. The van der Waals surface area contributed by atoms with Crippen molar-refractivity contribution in [2.45, 2.75) is 31.3 Å². The number of hydrogen-bond acceptors (Lipinski definition) is 3. The lowest BCUT2D eigenvalue weighted by Gasteiger charge is -2.36. The van der Waals surface area contributed by atoms with E-state index in [2.05, 4.69) is 29.0 Å². The van der Waals surface area contributed by atoms with E-state index in [4.69, 9.17) is 5.73 Å². The molecule has 2 rings (SSSR count). The van der Waals surface area contributed by atoms with Gasteiger partial charge in [0.25, 0.3) is 0 Å². The molecule has 0 aliphatic heterocycles. The Hall–Kier alpha value is -1.16. The van der Waals surface area contributed by atoms with Crippen LogP contribution in [0.15, 0.2) is 47.2 Å². The van der Waals surface area contributed by atoms with Crippen molar-refractivity contribution in [1.82, 2.24) is 0 Å². The Morgan fingerprint density at radius 1 is 1.26 bits per heavy atom. The van der Waals surface area contributed by atoms with Crippen LogP contribution in [0.1, 0.15) is 24.5 Å². The molecule has 0 saturated heterocycles. The molecule has 0 bridgehead atoms. The molecule has 2 atom stereocenters. The molecule has 2 nitrogen and oxygen atoms in total. The lowest BCUT2D eigenvalue weighted by atomic mass is 9.72. The summed E-state index contributed by atoms with van der Waals surface area (Å²) in [5.41, 5.74) is 8.11. The Labute approximate surface area is 118 Å². The lowest BCUT2D eigenvalue weighted by molar-refractivity contribution is 0.0944. The fourth-order valence-electron chi connectivity index (χ4n) is 2.56. The van der Waals surface area contributed by atoms with Crippen LogP contribution in [-0.2, 0) is 11.8 Å². The number of nitrogens with two attached hydrogens (primary N) is 1. The van der Waals surface area contributed by atoms with Crippen LogP contribution in [0.3, 0.4) is 0 Å². The number of aliphatic hydroxyl groups excluding tert-OH is 1. The van der Waals surface area contributed by atoms with E-state index in [0.29, 0.717) is 6.54 Å². The highest BCUT2D eigenvalue weighted by atomic mass is 32.1. The minimum atomic E-state index is -0.460. The van der Waals surface area contributed by atoms with Gasteiger partial charge in [0.05, 0.1) is 6.10 Å². The quantitative estimate of drug-likeness (QED) is 0.851. The van der Waals surface area contributed by atoms with Gasteiger partial charge in [-0.2, -0.15) is 11.3 Å². The minimum Gasteiger partial charge on any atom is -0.392 e. The molecule has 0 aliphatic carbocycles. The van der Waals surface area contributed by atoms with Gasteiger partial charge >= 0.3 is 0 Å². The van der Waals surface area contributed by atoms with Gasteiger partial charge in [-0.25, -0.2) is 0 Å². The van der Waals surface area contributed by atoms with Crippen molar-refractivity contribution in [2.24, 2.45) is 5.73 Å². The number of aliphatic hydroxyl groups is 1. The molecule has 0 radical (unpaired) electrons. The van der Waals surface area contributed by atoms with E-state index in [1.807, 2.05) is 25.1 Å². The molecule has 3 N–H and O–H groups in total. The zero-order chi connectivity index (χ0) is 13.7. The summed E-state index contributed by atoms with van der Waals surface area (Å²) in [5, 5.41) is 14.5. The van der Waals surface area contributed by atoms with Gasteiger partial charge in [-0.3, -0.25) is 0 Å². The third kappa shape index (κ3) is 3.06. The van der Waals surface area contributed by atoms with Crippen molar-refractivity contribution in [3.8, 4) is 0 Å². The van der Waals surface area contributed by atoms with Crippen LogP contribution in [-0.4, -0.2) is 17.8 Å². The number of hydrogen-bond donors (Lipinski definition) is 2. The van der Waals surface area contributed by atoms with Crippen LogP contribution in [0.2, 0.25) is 0 Å². The molecular weight excluding hydrogens is 254 g/mol. The first kappa shape index (κ1) is 14.3.